The largest absolute Gasteiger partial charge is 0.384 e. The minimum Gasteiger partial charge on any atom is -0.384 e. The summed E-state index contributed by atoms with van der Waals surface area (Å²) in [5.41, 5.74) is 14.6. The van der Waals surface area contributed by atoms with Gasteiger partial charge in [-0.2, -0.15) is 15.0 Å². The summed E-state index contributed by atoms with van der Waals surface area (Å²) >= 11 is 0. The summed E-state index contributed by atoms with van der Waals surface area (Å²) in [4.78, 5) is 9.62. The van der Waals surface area contributed by atoms with Crippen LogP contribution in [0.1, 0.15) is 11.4 Å². The molecule has 0 saturated heterocycles. The molecule has 0 amide bonds. The highest BCUT2D eigenvalue weighted by Crippen LogP contribution is 2.10. The fourth-order valence-corrected chi connectivity index (χ4v) is 2.29. The van der Waals surface area contributed by atoms with Gasteiger partial charge in [0.15, 0.2) is 0 Å². The van der Waals surface area contributed by atoms with Crippen LogP contribution in [0.15, 0.2) is 49.1 Å². The predicted octanol–water partition coefficient (Wildman–Crippen LogP) is 1.11. The van der Waals surface area contributed by atoms with Gasteiger partial charge in [0.2, 0.25) is 0 Å². The molecule has 0 aliphatic carbocycles. The van der Waals surface area contributed by atoms with Crippen LogP contribution < -0.4 is 11.5 Å². The normalized spacial score (nSPS) is 10.2. The van der Waals surface area contributed by atoms with Crippen LogP contribution >= 0.6 is 0 Å². The molecule has 0 aliphatic heterocycles. The monoisotopic (exact) mass is 350 g/mol. The Balaban J connectivity index is 0.000000151. The SMILES string of the molecule is Cc1cc(-n2ccnn2)cc(N)n1.Cc1cc(-n2nccn2)cc(N)n1. The summed E-state index contributed by atoms with van der Waals surface area (Å²) in [5, 5.41) is 15.5. The second kappa shape index (κ2) is 7.38. The Morgan fingerprint density at radius 2 is 1.35 bits per heavy atom. The number of hydrogen-bond acceptors (Lipinski definition) is 8. The maximum absolute atomic E-state index is 5.59. The molecular formula is C16H18N10. The van der Waals surface area contributed by atoms with Gasteiger partial charge in [0.1, 0.15) is 11.6 Å². The van der Waals surface area contributed by atoms with Gasteiger partial charge in [0.05, 0.1) is 36.2 Å². The van der Waals surface area contributed by atoms with Crippen LogP contribution in [0, 0.1) is 13.8 Å². The molecule has 0 spiro atoms. The molecular weight excluding hydrogens is 332 g/mol. The second-order valence-corrected chi connectivity index (χ2v) is 5.45. The molecule has 0 unspecified atom stereocenters. The molecule has 0 atom stereocenters. The predicted molar refractivity (Wildman–Crippen MR) is 96.6 cm³/mol. The van der Waals surface area contributed by atoms with E-state index in [1.54, 1.807) is 41.6 Å². The smallest absolute Gasteiger partial charge is 0.125 e. The van der Waals surface area contributed by atoms with Crippen LogP contribution in [0.25, 0.3) is 11.4 Å². The van der Waals surface area contributed by atoms with Gasteiger partial charge >= 0.3 is 0 Å². The summed E-state index contributed by atoms with van der Waals surface area (Å²) in [7, 11) is 0. The number of nitrogen functional groups attached to an aromatic ring is 2. The van der Waals surface area contributed by atoms with E-state index in [0.717, 1.165) is 22.8 Å². The highest BCUT2D eigenvalue weighted by atomic mass is 15.5. The maximum atomic E-state index is 5.59. The zero-order chi connectivity index (χ0) is 18.5. The molecule has 0 bridgehead atoms. The van der Waals surface area contributed by atoms with E-state index in [1.807, 2.05) is 26.0 Å². The molecule has 4 aromatic heterocycles. The second-order valence-electron chi connectivity index (χ2n) is 5.45. The number of nitrogens with zero attached hydrogens (tertiary/aromatic N) is 8. The van der Waals surface area contributed by atoms with Crippen molar-refractivity contribution in [1.82, 2.24) is 40.0 Å². The topological polar surface area (TPSA) is 139 Å². The molecule has 26 heavy (non-hydrogen) atoms. The van der Waals surface area contributed by atoms with E-state index in [9.17, 15) is 0 Å². The summed E-state index contributed by atoms with van der Waals surface area (Å²) in [6.07, 6.45) is 6.61. The van der Waals surface area contributed by atoms with E-state index in [-0.39, 0.29) is 0 Å². The number of rotatable bonds is 2. The molecule has 4 rings (SSSR count). The highest BCUT2D eigenvalue weighted by Gasteiger charge is 2.00. The van der Waals surface area contributed by atoms with Crippen LogP contribution in [0.5, 0.6) is 0 Å². The maximum Gasteiger partial charge on any atom is 0.125 e. The van der Waals surface area contributed by atoms with Crippen molar-refractivity contribution in [1.29, 1.82) is 0 Å². The first-order valence-electron chi connectivity index (χ1n) is 7.73. The molecule has 0 aromatic carbocycles. The fourth-order valence-electron chi connectivity index (χ4n) is 2.29. The van der Waals surface area contributed by atoms with Gasteiger partial charge in [-0.1, -0.05) is 5.21 Å². The van der Waals surface area contributed by atoms with Crippen molar-refractivity contribution >= 4 is 11.6 Å². The standard InChI is InChI=1S/2C8H9N5/c1-6-4-7(5-8(9)11-6)13-3-2-10-12-13;1-6-4-7(5-8(9)12-6)13-10-2-3-11-13/h2-5H,1H3,(H2,9,11);2-5H,1H3,(H2,9,12). The average Bonchev–Trinajstić information content (AvgIpc) is 3.28. The average molecular weight is 350 g/mol. The molecule has 10 nitrogen and oxygen atoms in total. The Hall–Kier alpha value is -3.82. The van der Waals surface area contributed by atoms with Crippen molar-refractivity contribution in [3.63, 3.8) is 0 Å². The molecule has 4 N–H and O–H groups in total. The zero-order valence-electron chi connectivity index (χ0n) is 14.4. The number of aromatic nitrogens is 8. The Labute approximate surface area is 149 Å². The third kappa shape index (κ3) is 4.17. The lowest BCUT2D eigenvalue weighted by molar-refractivity contribution is 0.750. The number of nitrogens with two attached hydrogens (primary N) is 2. The van der Waals surface area contributed by atoms with Crippen molar-refractivity contribution < 1.29 is 0 Å². The lowest BCUT2D eigenvalue weighted by atomic mass is 10.3. The molecule has 4 aromatic rings. The van der Waals surface area contributed by atoms with Crippen molar-refractivity contribution in [2.45, 2.75) is 13.8 Å². The minimum atomic E-state index is 0.479. The lowest BCUT2D eigenvalue weighted by Gasteiger charge is -2.02. The number of pyridine rings is 2. The molecule has 0 aliphatic rings. The molecule has 0 radical (unpaired) electrons. The van der Waals surface area contributed by atoms with E-state index < -0.39 is 0 Å². The summed E-state index contributed by atoms with van der Waals surface area (Å²) in [6, 6.07) is 7.25. The Bertz CT molecular complexity index is 854. The summed E-state index contributed by atoms with van der Waals surface area (Å²) in [5.74, 6) is 0.970. The zero-order valence-corrected chi connectivity index (χ0v) is 14.4. The van der Waals surface area contributed by atoms with E-state index in [2.05, 4.69) is 30.5 Å². The third-order valence-electron chi connectivity index (χ3n) is 3.25. The number of hydrogen-bond donors (Lipinski definition) is 2. The van der Waals surface area contributed by atoms with Crippen LogP contribution in [-0.2, 0) is 0 Å². The first kappa shape index (κ1) is 17.0. The van der Waals surface area contributed by atoms with E-state index in [0.29, 0.717) is 11.6 Å². The quantitative estimate of drug-likeness (QED) is 0.548. The molecule has 0 saturated carbocycles. The Morgan fingerprint density at radius 1 is 0.769 bits per heavy atom. The molecule has 0 fully saturated rings. The minimum absolute atomic E-state index is 0.479. The summed E-state index contributed by atoms with van der Waals surface area (Å²) in [6.45, 7) is 3.76. The van der Waals surface area contributed by atoms with Gasteiger partial charge < -0.3 is 11.5 Å². The van der Waals surface area contributed by atoms with Gasteiger partial charge in [-0.05, 0) is 26.0 Å². The van der Waals surface area contributed by atoms with Crippen molar-refractivity contribution in [2.75, 3.05) is 11.5 Å². The van der Waals surface area contributed by atoms with Crippen molar-refractivity contribution in [2.24, 2.45) is 0 Å². The van der Waals surface area contributed by atoms with Gasteiger partial charge in [-0.15, -0.1) is 5.10 Å². The van der Waals surface area contributed by atoms with Gasteiger partial charge in [-0.3, -0.25) is 0 Å². The third-order valence-corrected chi connectivity index (χ3v) is 3.25. The van der Waals surface area contributed by atoms with E-state index >= 15 is 0 Å². The number of aryl methyl sites for hydroxylation is 2. The van der Waals surface area contributed by atoms with Crippen LogP contribution in [-0.4, -0.2) is 40.0 Å². The van der Waals surface area contributed by atoms with E-state index in [4.69, 9.17) is 11.5 Å². The molecule has 132 valence electrons. The highest BCUT2D eigenvalue weighted by molar-refractivity contribution is 5.43. The van der Waals surface area contributed by atoms with Crippen molar-refractivity contribution in [3.8, 4) is 11.4 Å². The van der Waals surface area contributed by atoms with Gasteiger partial charge in [0.25, 0.3) is 0 Å². The van der Waals surface area contributed by atoms with Crippen LogP contribution in [0.3, 0.4) is 0 Å². The fraction of sp³-hybridized carbons (Fsp3) is 0.125. The van der Waals surface area contributed by atoms with Gasteiger partial charge in [0, 0.05) is 23.5 Å². The van der Waals surface area contributed by atoms with Crippen LogP contribution in [0.2, 0.25) is 0 Å². The first-order chi connectivity index (χ1) is 12.5. The Kier molecular flexibility index (Phi) is 4.83. The molecule has 10 heteroatoms. The summed E-state index contributed by atoms with van der Waals surface area (Å²) < 4.78 is 1.64. The van der Waals surface area contributed by atoms with Gasteiger partial charge in [-0.25, -0.2) is 14.6 Å². The number of anilines is 2. The van der Waals surface area contributed by atoms with Crippen LogP contribution in [0.4, 0.5) is 11.6 Å². The van der Waals surface area contributed by atoms with Crippen molar-refractivity contribution in [3.05, 3.63) is 60.4 Å². The molecule has 4 heterocycles. The Morgan fingerprint density at radius 3 is 1.88 bits per heavy atom. The van der Waals surface area contributed by atoms with E-state index in [1.165, 1.54) is 4.80 Å². The lowest BCUT2D eigenvalue weighted by Crippen LogP contribution is -2.02. The first-order valence-corrected chi connectivity index (χ1v) is 7.73.